The van der Waals surface area contributed by atoms with E-state index in [0.717, 1.165) is 5.39 Å². The number of imidazole rings is 1. The van der Waals surface area contributed by atoms with Crippen molar-refractivity contribution in [1.29, 1.82) is 0 Å². The highest BCUT2D eigenvalue weighted by atomic mass is 16.4. The fourth-order valence-corrected chi connectivity index (χ4v) is 2.00. The molecular weight excluding hydrogens is 232 g/mol. The summed E-state index contributed by atoms with van der Waals surface area (Å²) in [5, 5.41) is 10.0. The number of aromatic amines is 1. The van der Waals surface area contributed by atoms with Crippen LogP contribution in [0.15, 0.2) is 34.9 Å². The minimum absolute atomic E-state index is 0.0825. The van der Waals surface area contributed by atoms with Gasteiger partial charge in [0.25, 0.3) is 0 Å². The molecule has 0 saturated heterocycles. The Morgan fingerprint density at radius 1 is 1.39 bits per heavy atom. The van der Waals surface area contributed by atoms with E-state index in [2.05, 4.69) is 9.97 Å². The van der Waals surface area contributed by atoms with Crippen LogP contribution in [-0.4, -0.2) is 21.0 Å². The van der Waals surface area contributed by atoms with E-state index in [1.165, 1.54) is 6.26 Å². The predicted octanol–water partition coefficient (Wildman–Crippen LogP) is 2.83. The van der Waals surface area contributed by atoms with Crippen molar-refractivity contribution in [3.05, 3.63) is 42.0 Å². The summed E-state index contributed by atoms with van der Waals surface area (Å²) in [6, 6.07) is 7.45. The lowest BCUT2D eigenvalue weighted by molar-refractivity contribution is 0.0692. The fraction of sp³-hybridized carbons (Fsp3) is 0.0769. The maximum Gasteiger partial charge on any atom is 0.354 e. The summed E-state index contributed by atoms with van der Waals surface area (Å²) >= 11 is 0. The second-order valence-corrected chi connectivity index (χ2v) is 4.00. The van der Waals surface area contributed by atoms with Crippen LogP contribution in [0.5, 0.6) is 0 Å². The molecule has 2 heterocycles. The summed E-state index contributed by atoms with van der Waals surface area (Å²) in [6.45, 7) is 1.72. The number of aryl methyl sites for hydroxylation is 1. The monoisotopic (exact) mass is 242 g/mol. The maximum absolute atomic E-state index is 11.2. The Kier molecular flexibility index (Phi) is 2.19. The van der Waals surface area contributed by atoms with Crippen LogP contribution in [-0.2, 0) is 0 Å². The molecule has 5 heteroatoms. The SMILES string of the molecule is Cc1nc(-c2coc3ccccc23)c(C(=O)O)[nH]1. The Balaban J connectivity index is 2.29. The van der Waals surface area contributed by atoms with Gasteiger partial charge in [0, 0.05) is 10.9 Å². The molecule has 0 bridgehead atoms. The van der Waals surface area contributed by atoms with Gasteiger partial charge in [-0.25, -0.2) is 9.78 Å². The number of aromatic carboxylic acids is 1. The van der Waals surface area contributed by atoms with Crippen LogP contribution < -0.4 is 0 Å². The van der Waals surface area contributed by atoms with Gasteiger partial charge in [-0.2, -0.15) is 0 Å². The molecule has 0 amide bonds. The van der Waals surface area contributed by atoms with Crippen LogP contribution in [0.4, 0.5) is 0 Å². The number of carboxylic acids is 1. The van der Waals surface area contributed by atoms with E-state index in [9.17, 15) is 4.79 Å². The molecule has 2 aromatic heterocycles. The first-order valence-corrected chi connectivity index (χ1v) is 5.43. The van der Waals surface area contributed by atoms with E-state index in [1.54, 1.807) is 6.92 Å². The van der Waals surface area contributed by atoms with Crippen LogP contribution >= 0.6 is 0 Å². The van der Waals surface area contributed by atoms with Crippen LogP contribution in [0.1, 0.15) is 16.3 Å². The summed E-state index contributed by atoms with van der Waals surface area (Å²) in [5.41, 5.74) is 1.89. The van der Waals surface area contributed by atoms with Crippen molar-refractivity contribution in [1.82, 2.24) is 9.97 Å². The number of benzene rings is 1. The summed E-state index contributed by atoms with van der Waals surface area (Å²) in [7, 11) is 0. The van der Waals surface area contributed by atoms with E-state index >= 15 is 0 Å². The number of para-hydroxylation sites is 1. The number of carbonyl (C=O) groups is 1. The van der Waals surface area contributed by atoms with Gasteiger partial charge in [-0.05, 0) is 13.0 Å². The number of carboxylic acid groups (broad SMARTS) is 1. The standard InChI is InChI=1S/C13H10N2O3/c1-7-14-11(12(15-7)13(16)17)9-6-18-10-5-3-2-4-8(9)10/h2-6H,1H3,(H,14,15)(H,16,17). The molecule has 1 aromatic carbocycles. The molecule has 2 N–H and O–H groups in total. The van der Waals surface area contributed by atoms with Crippen molar-refractivity contribution in [2.45, 2.75) is 6.92 Å². The lowest BCUT2D eigenvalue weighted by atomic mass is 10.1. The average Bonchev–Trinajstić information content (AvgIpc) is 2.92. The van der Waals surface area contributed by atoms with Crippen LogP contribution in [0, 0.1) is 6.92 Å². The molecule has 0 aliphatic carbocycles. The van der Waals surface area contributed by atoms with E-state index in [4.69, 9.17) is 9.52 Å². The molecule has 5 nitrogen and oxygen atoms in total. The molecule has 3 rings (SSSR count). The van der Waals surface area contributed by atoms with Gasteiger partial charge in [0.1, 0.15) is 23.4 Å². The maximum atomic E-state index is 11.2. The highest BCUT2D eigenvalue weighted by molar-refractivity contribution is 6.00. The first-order chi connectivity index (χ1) is 8.66. The number of hydrogen-bond donors (Lipinski definition) is 2. The highest BCUT2D eigenvalue weighted by Gasteiger charge is 2.19. The first kappa shape index (κ1) is 10.6. The van der Waals surface area contributed by atoms with Gasteiger partial charge in [0.15, 0.2) is 5.69 Å². The Morgan fingerprint density at radius 3 is 2.94 bits per heavy atom. The van der Waals surface area contributed by atoms with Crippen LogP contribution in [0.3, 0.4) is 0 Å². The molecule has 0 atom stereocenters. The lowest BCUT2D eigenvalue weighted by Gasteiger charge is -1.95. The van der Waals surface area contributed by atoms with Gasteiger partial charge in [-0.1, -0.05) is 18.2 Å². The molecule has 3 aromatic rings. The van der Waals surface area contributed by atoms with Gasteiger partial charge in [0.05, 0.1) is 0 Å². The van der Waals surface area contributed by atoms with Gasteiger partial charge in [-0.3, -0.25) is 0 Å². The molecule has 18 heavy (non-hydrogen) atoms. The molecule has 0 spiro atoms. The lowest BCUT2D eigenvalue weighted by Crippen LogP contribution is -1.98. The molecule has 0 aliphatic heterocycles. The van der Waals surface area contributed by atoms with E-state index in [0.29, 0.717) is 22.7 Å². The number of fused-ring (bicyclic) bond motifs is 1. The molecule has 0 aliphatic rings. The van der Waals surface area contributed by atoms with Gasteiger partial charge in [0.2, 0.25) is 0 Å². The number of aromatic nitrogens is 2. The number of nitrogens with one attached hydrogen (secondary N) is 1. The number of hydrogen-bond acceptors (Lipinski definition) is 3. The number of rotatable bonds is 2. The van der Waals surface area contributed by atoms with Gasteiger partial charge < -0.3 is 14.5 Å². The van der Waals surface area contributed by atoms with E-state index in [-0.39, 0.29) is 5.69 Å². The predicted molar refractivity (Wildman–Crippen MR) is 65.5 cm³/mol. The first-order valence-electron chi connectivity index (χ1n) is 5.43. The minimum atomic E-state index is -1.03. The van der Waals surface area contributed by atoms with Crippen molar-refractivity contribution in [2.75, 3.05) is 0 Å². The summed E-state index contributed by atoms with van der Waals surface area (Å²) < 4.78 is 5.40. The Morgan fingerprint density at radius 2 is 2.17 bits per heavy atom. The molecular formula is C13H10N2O3. The zero-order chi connectivity index (χ0) is 12.7. The highest BCUT2D eigenvalue weighted by Crippen LogP contribution is 2.31. The van der Waals surface area contributed by atoms with Crippen molar-refractivity contribution < 1.29 is 14.3 Å². The molecule has 0 fully saturated rings. The van der Waals surface area contributed by atoms with Crippen molar-refractivity contribution in [3.8, 4) is 11.3 Å². The topological polar surface area (TPSA) is 79.1 Å². The fourth-order valence-electron chi connectivity index (χ4n) is 2.00. The Bertz CT molecular complexity index is 740. The van der Waals surface area contributed by atoms with E-state index in [1.807, 2.05) is 24.3 Å². The van der Waals surface area contributed by atoms with E-state index < -0.39 is 5.97 Å². The second-order valence-electron chi connectivity index (χ2n) is 4.00. The quantitative estimate of drug-likeness (QED) is 0.724. The molecule has 0 unspecified atom stereocenters. The average molecular weight is 242 g/mol. The third-order valence-electron chi connectivity index (χ3n) is 2.77. The Labute approximate surface area is 102 Å². The van der Waals surface area contributed by atoms with Crippen molar-refractivity contribution >= 4 is 16.9 Å². The number of furan rings is 1. The summed E-state index contributed by atoms with van der Waals surface area (Å²) in [4.78, 5) is 18.1. The third-order valence-corrected chi connectivity index (χ3v) is 2.77. The molecule has 0 radical (unpaired) electrons. The Hall–Kier alpha value is -2.56. The zero-order valence-electron chi connectivity index (χ0n) is 9.60. The van der Waals surface area contributed by atoms with Crippen LogP contribution in [0.25, 0.3) is 22.2 Å². The van der Waals surface area contributed by atoms with Crippen LogP contribution in [0.2, 0.25) is 0 Å². The molecule has 0 saturated carbocycles. The smallest absolute Gasteiger partial charge is 0.354 e. The second kappa shape index (κ2) is 3.73. The normalized spacial score (nSPS) is 10.9. The zero-order valence-corrected chi connectivity index (χ0v) is 9.60. The van der Waals surface area contributed by atoms with Gasteiger partial charge in [-0.15, -0.1) is 0 Å². The summed E-state index contributed by atoms with van der Waals surface area (Å²) in [6.07, 6.45) is 1.53. The van der Waals surface area contributed by atoms with Gasteiger partial charge >= 0.3 is 5.97 Å². The number of nitrogens with zero attached hydrogens (tertiary/aromatic N) is 1. The third kappa shape index (κ3) is 1.48. The number of H-pyrrole nitrogens is 1. The minimum Gasteiger partial charge on any atom is -0.477 e. The largest absolute Gasteiger partial charge is 0.477 e. The van der Waals surface area contributed by atoms with Crippen molar-refractivity contribution in [2.24, 2.45) is 0 Å². The van der Waals surface area contributed by atoms with Crippen molar-refractivity contribution in [3.63, 3.8) is 0 Å². The summed E-state index contributed by atoms with van der Waals surface area (Å²) in [5.74, 6) is -0.469. The molecule has 90 valence electrons.